The lowest BCUT2D eigenvalue weighted by molar-refractivity contribution is -0.134. The highest BCUT2D eigenvalue weighted by Gasteiger charge is 2.32. The molecule has 1 aromatic rings. The summed E-state index contributed by atoms with van der Waals surface area (Å²) in [7, 11) is 0. The number of rotatable bonds is 4. The summed E-state index contributed by atoms with van der Waals surface area (Å²) in [5.74, 6) is 0. The molecule has 0 atom stereocenters. The van der Waals surface area contributed by atoms with Crippen LogP contribution >= 0.6 is 11.3 Å². The van der Waals surface area contributed by atoms with Crippen LogP contribution in [0, 0.1) is 5.53 Å². The summed E-state index contributed by atoms with van der Waals surface area (Å²) in [5, 5.41) is 14.4. The fraction of sp³-hybridized carbons (Fsp3) is 0.250. The van der Waals surface area contributed by atoms with E-state index in [1.807, 2.05) is 0 Å². The second kappa shape index (κ2) is 5.08. The van der Waals surface area contributed by atoms with Crippen LogP contribution in [0.15, 0.2) is 29.1 Å². The molecule has 16 heavy (non-hydrogen) atoms. The van der Waals surface area contributed by atoms with Crippen molar-refractivity contribution in [2.24, 2.45) is 5.11 Å². The first kappa shape index (κ1) is 12.7. The van der Waals surface area contributed by atoms with Crippen molar-refractivity contribution in [3.8, 4) is 0 Å². The molecule has 4 nitrogen and oxygen atoms in total. The molecule has 0 aliphatic heterocycles. The van der Waals surface area contributed by atoms with Crippen LogP contribution < -0.4 is 5.32 Å². The quantitative estimate of drug-likeness (QED) is 0.720. The normalized spacial score (nSPS) is 12.6. The van der Waals surface area contributed by atoms with E-state index in [1.165, 1.54) is 12.3 Å². The Labute approximate surface area is 92.9 Å². The van der Waals surface area contributed by atoms with Gasteiger partial charge in [0.1, 0.15) is 10.6 Å². The molecule has 0 amide bonds. The van der Waals surface area contributed by atoms with Crippen molar-refractivity contribution in [3.05, 3.63) is 28.9 Å². The summed E-state index contributed by atoms with van der Waals surface area (Å²) in [4.78, 5) is -0.711. The zero-order valence-corrected chi connectivity index (χ0v) is 8.69. The van der Waals surface area contributed by atoms with E-state index in [2.05, 4.69) is 10.4 Å². The fourth-order valence-corrected chi connectivity index (χ4v) is 1.58. The average molecular weight is 251 g/mol. The minimum Gasteiger partial charge on any atom is -0.390 e. The second-order valence-electron chi connectivity index (χ2n) is 2.71. The Balaban J connectivity index is 2.73. The van der Waals surface area contributed by atoms with E-state index < -0.39 is 17.7 Å². The lowest BCUT2D eigenvalue weighted by atomic mass is 10.4. The van der Waals surface area contributed by atoms with Crippen molar-refractivity contribution in [2.75, 3.05) is 11.9 Å². The number of hydrogen-bond donors (Lipinski definition) is 3. The molecule has 0 saturated heterocycles. The van der Waals surface area contributed by atoms with E-state index in [0.29, 0.717) is 11.3 Å². The van der Waals surface area contributed by atoms with E-state index >= 15 is 0 Å². The highest BCUT2D eigenvalue weighted by molar-refractivity contribution is 7.16. The highest BCUT2D eigenvalue weighted by atomic mass is 32.1. The van der Waals surface area contributed by atoms with Gasteiger partial charge in [0.25, 0.3) is 0 Å². The van der Waals surface area contributed by atoms with Gasteiger partial charge in [-0.3, -0.25) is 0 Å². The number of aliphatic hydroxyl groups excluding tert-OH is 1. The zero-order valence-electron chi connectivity index (χ0n) is 7.88. The summed E-state index contributed by atoms with van der Waals surface area (Å²) in [6.07, 6.45) is -3.17. The Morgan fingerprint density at radius 3 is 2.69 bits per heavy atom. The Kier molecular flexibility index (Phi) is 4.02. The topological polar surface area (TPSA) is 68.5 Å². The molecule has 1 rings (SSSR count). The van der Waals surface area contributed by atoms with E-state index in [4.69, 9.17) is 10.6 Å². The Morgan fingerprint density at radius 2 is 2.25 bits per heavy atom. The Morgan fingerprint density at radius 1 is 1.56 bits per heavy atom. The van der Waals surface area contributed by atoms with Gasteiger partial charge in [-0.2, -0.15) is 18.3 Å². The van der Waals surface area contributed by atoms with Gasteiger partial charge in [0.15, 0.2) is 0 Å². The van der Waals surface area contributed by atoms with Gasteiger partial charge in [-0.1, -0.05) is 0 Å². The molecule has 0 saturated carbocycles. The summed E-state index contributed by atoms with van der Waals surface area (Å²) < 4.78 is 36.6. The number of nitrogens with zero attached hydrogens (tertiary/aromatic N) is 1. The molecule has 1 aromatic heterocycles. The van der Waals surface area contributed by atoms with Crippen molar-refractivity contribution in [1.82, 2.24) is 0 Å². The zero-order chi connectivity index (χ0) is 12.2. The van der Waals surface area contributed by atoms with Crippen molar-refractivity contribution in [2.45, 2.75) is 6.18 Å². The average Bonchev–Trinajstić information content (AvgIpc) is 2.67. The molecule has 0 radical (unpaired) electrons. The monoisotopic (exact) mass is 251 g/mol. The number of alkyl halides is 3. The third-order valence-electron chi connectivity index (χ3n) is 1.57. The second-order valence-corrected chi connectivity index (χ2v) is 3.80. The first-order valence-electron chi connectivity index (χ1n) is 4.08. The maximum atomic E-state index is 12.2. The molecule has 0 fully saturated rings. The summed E-state index contributed by atoms with van der Waals surface area (Å²) in [6, 6.07) is 2.22. The molecule has 0 spiro atoms. The molecule has 0 bridgehead atoms. The molecule has 0 aliphatic rings. The molecule has 8 heteroatoms. The first-order valence-corrected chi connectivity index (χ1v) is 4.90. The van der Waals surface area contributed by atoms with Crippen molar-refractivity contribution >= 4 is 16.3 Å². The standard InChI is InChI=1S/C8H8F3N3OS/c9-8(10,11)6-1-2-7(16-6)13-3-5(4-15)14-12/h1-3,12-13,15H,4H2/b5-3-,14-12?. The van der Waals surface area contributed by atoms with Crippen LogP contribution in [0.2, 0.25) is 0 Å². The maximum Gasteiger partial charge on any atom is 0.425 e. The predicted molar refractivity (Wildman–Crippen MR) is 53.3 cm³/mol. The third kappa shape index (κ3) is 3.31. The molecule has 88 valence electrons. The minimum atomic E-state index is -4.35. The number of thiophene rings is 1. The lowest BCUT2D eigenvalue weighted by Crippen LogP contribution is -2.00. The smallest absolute Gasteiger partial charge is 0.390 e. The van der Waals surface area contributed by atoms with Gasteiger partial charge >= 0.3 is 6.18 Å². The minimum absolute atomic E-state index is 0.0296. The van der Waals surface area contributed by atoms with Crippen molar-refractivity contribution < 1.29 is 18.3 Å². The fourth-order valence-electron chi connectivity index (χ4n) is 0.836. The SMILES string of the molecule is N=N/C(=C\Nc1ccc(C(F)(F)F)s1)CO. The van der Waals surface area contributed by atoms with Gasteiger partial charge in [-0.05, 0) is 12.1 Å². The molecular weight excluding hydrogens is 243 g/mol. The molecule has 1 heterocycles. The van der Waals surface area contributed by atoms with E-state index in [1.54, 1.807) is 0 Å². The third-order valence-corrected chi connectivity index (χ3v) is 2.63. The molecule has 0 unspecified atom stereocenters. The van der Waals surface area contributed by atoms with E-state index in [9.17, 15) is 13.2 Å². The maximum absolute atomic E-state index is 12.2. The largest absolute Gasteiger partial charge is 0.425 e. The van der Waals surface area contributed by atoms with Gasteiger partial charge in [0, 0.05) is 6.20 Å². The van der Waals surface area contributed by atoms with Gasteiger partial charge in [0.05, 0.1) is 11.6 Å². The van der Waals surface area contributed by atoms with Crippen molar-refractivity contribution in [1.29, 1.82) is 5.53 Å². The van der Waals surface area contributed by atoms with Gasteiger partial charge in [-0.15, -0.1) is 11.3 Å². The number of nitrogens with one attached hydrogen (secondary N) is 2. The molecular formula is C8H8F3N3OS. The number of aliphatic hydroxyl groups is 1. The van der Waals surface area contributed by atoms with E-state index in [-0.39, 0.29) is 10.7 Å². The van der Waals surface area contributed by atoms with Crippen LogP contribution in [0.1, 0.15) is 4.88 Å². The number of hydrogen-bond acceptors (Lipinski definition) is 5. The van der Waals surface area contributed by atoms with Gasteiger partial charge < -0.3 is 10.4 Å². The van der Waals surface area contributed by atoms with Crippen LogP contribution in [0.4, 0.5) is 18.2 Å². The molecule has 0 aliphatic carbocycles. The van der Waals surface area contributed by atoms with E-state index in [0.717, 1.165) is 6.07 Å². The van der Waals surface area contributed by atoms with Crippen LogP contribution in [-0.2, 0) is 6.18 Å². The predicted octanol–water partition coefficient (Wildman–Crippen LogP) is 3.04. The molecule has 3 N–H and O–H groups in total. The summed E-state index contributed by atoms with van der Waals surface area (Å²) >= 11 is 0.538. The summed E-state index contributed by atoms with van der Waals surface area (Å²) in [5.41, 5.74) is 6.64. The van der Waals surface area contributed by atoms with Crippen molar-refractivity contribution in [3.63, 3.8) is 0 Å². The van der Waals surface area contributed by atoms with Crippen LogP contribution in [0.3, 0.4) is 0 Å². The Hall–Kier alpha value is -1.41. The van der Waals surface area contributed by atoms with Crippen LogP contribution in [0.5, 0.6) is 0 Å². The summed E-state index contributed by atoms with van der Waals surface area (Å²) in [6.45, 7) is -0.450. The number of halogens is 3. The number of anilines is 1. The Bertz CT molecular complexity index is 399. The first-order chi connectivity index (χ1) is 7.47. The van der Waals surface area contributed by atoms with Crippen LogP contribution in [-0.4, -0.2) is 11.7 Å². The molecule has 0 aromatic carbocycles. The highest BCUT2D eigenvalue weighted by Crippen LogP contribution is 2.36. The van der Waals surface area contributed by atoms with Crippen LogP contribution in [0.25, 0.3) is 0 Å². The van der Waals surface area contributed by atoms with Gasteiger partial charge in [0.2, 0.25) is 0 Å². The lowest BCUT2D eigenvalue weighted by Gasteiger charge is -2.01. The van der Waals surface area contributed by atoms with Gasteiger partial charge in [-0.25, -0.2) is 5.53 Å².